The molecule has 8 nitrogen and oxygen atoms in total. The molecule has 4 heterocycles. The van der Waals surface area contributed by atoms with Crippen molar-refractivity contribution in [3.8, 4) is 23.0 Å². The summed E-state index contributed by atoms with van der Waals surface area (Å²) in [6, 6.07) is 10.1. The van der Waals surface area contributed by atoms with E-state index in [0.29, 0.717) is 24.6 Å². The monoisotopic (exact) mass is 505 g/mol. The summed E-state index contributed by atoms with van der Waals surface area (Å²) in [5, 5.41) is 1.77. The van der Waals surface area contributed by atoms with E-state index < -0.39 is 5.54 Å². The van der Waals surface area contributed by atoms with Crippen molar-refractivity contribution < 1.29 is 4.79 Å². The molecule has 0 bridgehead atoms. The molecule has 1 aromatic carbocycles. The minimum atomic E-state index is -0.532. The van der Waals surface area contributed by atoms with Gasteiger partial charge in [-0.05, 0) is 43.4 Å². The third-order valence-electron chi connectivity index (χ3n) is 7.88. The van der Waals surface area contributed by atoms with Crippen molar-refractivity contribution in [3.63, 3.8) is 0 Å². The number of anilines is 1. The van der Waals surface area contributed by atoms with Gasteiger partial charge >= 0.3 is 0 Å². The molecule has 1 aliphatic heterocycles. The fourth-order valence-electron chi connectivity index (χ4n) is 5.90. The number of hydrogen-bond donors (Lipinski definition) is 2. The van der Waals surface area contributed by atoms with Crippen molar-refractivity contribution in [2.45, 2.75) is 50.1 Å². The van der Waals surface area contributed by atoms with Crippen LogP contribution < -0.4 is 11.5 Å². The molecule has 8 heteroatoms. The lowest BCUT2D eigenvalue weighted by atomic mass is 9.83. The molecule has 6 rings (SSSR count). The van der Waals surface area contributed by atoms with Crippen molar-refractivity contribution in [2.24, 2.45) is 5.73 Å². The highest BCUT2D eigenvalue weighted by Gasteiger charge is 2.32. The summed E-state index contributed by atoms with van der Waals surface area (Å²) in [5.41, 5.74) is 16.9. The number of nitrogen functional groups attached to an aromatic ring is 1. The molecular formula is C30H31N7O. The first-order valence-electron chi connectivity index (χ1n) is 13.2. The fourth-order valence-corrected chi connectivity index (χ4v) is 5.90. The third kappa shape index (κ3) is 4.19. The fraction of sp³-hybridized carbons (Fsp3) is 0.333. The normalized spacial score (nSPS) is 18.9. The second-order valence-corrected chi connectivity index (χ2v) is 10.4. The van der Waals surface area contributed by atoms with Crippen LogP contribution in [0.25, 0.3) is 33.1 Å². The maximum atomic E-state index is 12.4. The van der Waals surface area contributed by atoms with Gasteiger partial charge in [0.05, 0.1) is 22.5 Å². The van der Waals surface area contributed by atoms with Crippen molar-refractivity contribution in [1.29, 1.82) is 0 Å². The number of benzene rings is 1. The van der Waals surface area contributed by atoms with Crippen LogP contribution >= 0.6 is 0 Å². The van der Waals surface area contributed by atoms with E-state index in [9.17, 15) is 4.79 Å². The highest BCUT2D eigenvalue weighted by Crippen LogP contribution is 2.40. The number of carbonyl (C=O) groups is 1. The van der Waals surface area contributed by atoms with E-state index >= 15 is 0 Å². The minimum Gasteiger partial charge on any atom is -0.383 e. The highest BCUT2D eigenvalue weighted by molar-refractivity contribution is 6.04. The molecule has 0 spiro atoms. The Morgan fingerprint density at radius 1 is 1.16 bits per heavy atom. The van der Waals surface area contributed by atoms with Crippen LogP contribution in [0.15, 0.2) is 55.5 Å². The Morgan fingerprint density at radius 2 is 1.97 bits per heavy atom. The van der Waals surface area contributed by atoms with Gasteiger partial charge in [0.15, 0.2) is 0 Å². The number of pyridine rings is 1. The molecular weight excluding hydrogens is 474 g/mol. The van der Waals surface area contributed by atoms with Crippen LogP contribution in [-0.4, -0.2) is 49.0 Å². The smallest absolute Gasteiger partial charge is 0.246 e. The van der Waals surface area contributed by atoms with Crippen LogP contribution in [0.2, 0.25) is 0 Å². The highest BCUT2D eigenvalue weighted by atomic mass is 16.2. The lowest BCUT2D eigenvalue weighted by Gasteiger charge is -2.27. The Kier molecular flexibility index (Phi) is 6.09. The molecule has 2 aliphatic rings. The summed E-state index contributed by atoms with van der Waals surface area (Å²) < 4.78 is 2.15. The standard InChI is InChI=1S/C30H31N7O/c1-2-25(38)36-15-11-22(18-36)37-24(10-14-30(32)12-6-3-7-13-30)26(27-28(31)34-19-35-29(27)37)21-16-20-8-4-5-9-23(20)33-17-21/h2,4-5,8-9,16-17,19,22H,1,3,6-7,11-13,15,18,32H2,(H2,31,34,35)/t22-/m1/s1. The Labute approximate surface area is 221 Å². The van der Waals surface area contributed by atoms with E-state index in [1.54, 1.807) is 0 Å². The topological polar surface area (TPSA) is 116 Å². The summed E-state index contributed by atoms with van der Waals surface area (Å²) >= 11 is 0. The number of para-hydroxylation sites is 1. The van der Waals surface area contributed by atoms with Gasteiger partial charge in [-0.25, -0.2) is 9.97 Å². The van der Waals surface area contributed by atoms with Crippen LogP contribution in [0.4, 0.5) is 5.82 Å². The van der Waals surface area contributed by atoms with E-state index in [4.69, 9.17) is 16.5 Å². The van der Waals surface area contributed by atoms with E-state index in [0.717, 1.165) is 65.2 Å². The zero-order valence-electron chi connectivity index (χ0n) is 21.4. The molecule has 3 aromatic heterocycles. The molecule has 1 aliphatic carbocycles. The maximum Gasteiger partial charge on any atom is 0.246 e. The Balaban J connectivity index is 1.61. The second kappa shape index (κ2) is 9.58. The quantitative estimate of drug-likeness (QED) is 0.318. The van der Waals surface area contributed by atoms with Crippen LogP contribution in [0.5, 0.6) is 0 Å². The molecule has 192 valence electrons. The van der Waals surface area contributed by atoms with Crippen LogP contribution in [0, 0.1) is 11.8 Å². The second-order valence-electron chi connectivity index (χ2n) is 10.4. The van der Waals surface area contributed by atoms with Gasteiger partial charge in [0.1, 0.15) is 23.5 Å². The Bertz CT molecular complexity index is 1620. The van der Waals surface area contributed by atoms with E-state index in [1.165, 1.54) is 18.8 Å². The van der Waals surface area contributed by atoms with Crippen molar-refractivity contribution in [2.75, 3.05) is 18.8 Å². The summed E-state index contributed by atoms with van der Waals surface area (Å²) in [4.78, 5) is 28.0. The zero-order valence-corrected chi connectivity index (χ0v) is 21.4. The summed E-state index contributed by atoms with van der Waals surface area (Å²) in [7, 11) is 0. The molecule has 2 fully saturated rings. The van der Waals surface area contributed by atoms with E-state index in [2.05, 4.69) is 39.0 Å². The average Bonchev–Trinajstić information content (AvgIpc) is 3.55. The number of nitrogens with two attached hydrogens (primary N) is 2. The van der Waals surface area contributed by atoms with Gasteiger partial charge in [0, 0.05) is 35.8 Å². The average molecular weight is 506 g/mol. The maximum absolute atomic E-state index is 12.4. The van der Waals surface area contributed by atoms with E-state index in [1.807, 2.05) is 35.4 Å². The van der Waals surface area contributed by atoms with Crippen molar-refractivity contribution in [1.82, 2.24) is 24.4 Å². The Hall–Kier alpha value is -4.22. The number of carbonyl (C=O) groups excluding carboxylic acids is 1. The number of aromatic nitrogens is 4. The van der Waals surface area contributed by atoms with Gasteiger partial charge in [-0.2, -0.15) is 0 Å². The lowest BCUT2D eigenvalue weighted by molar-refractivity contribution is -0.125. The van der Waals surface area contributed by atoms with Crippen LogP contribution in [0.3, 0.4) is 0 Å². The molecule has 0 unspecified atom stereocenters. The van der Waals surface area contributed by atoms with E-state index in [-0.39, 0.29) is 11.9 Å². The minimum absolute atomic E-state index is 0.0257. The van der Waals surface area contributed by atoms with Gasteiger partial charge in [0.25, 0.3) is 0 Å². The SMILES string of the molecule is C=CC(=O)N1CC[C@@H](n2c(C#CC3(N)CCCCC3)c(-c3cnc4ccccc4c3)c3c(N)ncnc32)C1. The molecule has 1 saturated heterocycles. The predicted octanol–water partition coefficient (Wildman–Crippen LogP) is 4.20. The number of hydrogen-bond acceptors (Lipinski definition) is 6. The molecule has 1 amide bonds. The van der Waals surface area contributed by atoms with Crippen molar-refractivity contribution >= 4 is 33.7 Å². The summed E-state index contributed by atoms with van der Waals surface area (Å²) in [6.45, 7) is 4.83. The first-order chi connectivity index (χ1) is 18.5. The van der Waals surface area contributed by atoms with Crippen molar-refractivity contribution in [3.05, 3.63) is 61.2 Å². The molecule has 0 radical (unpaired) electrons. The first-order valence-corrected chi connectivity index (χ1v) is 13.2. The third-order valence-corrected chi connectivity index (χ3v) is 7.88. The van der Waals surface area contributed by atoms with Gasteiger partial charge in [0.2, 0.25) is 5.91 Å². The zero-order chi connectivity index (χ0) is 26.3. The van der Waals surface area contributed by atoms with Gasteiger partial charge in [-0.1, -0.05) is 50.0 Å². The van der Waals surface area contributed by atoms with Gasteiger partial charge in [-0.15, -0.1) is 0 Å². The largest absolute Gasteiger partial charge is 0.383 e. The lowest BCUT2D eigenvalue weighted by Crippen LogP contribution is -2.40. The Morgan fingerprint density at radius 3 is 2.79 bits per heavy atom. The number of rotatable bonds is 3. The van der Waals surface area contributed by atoms with Crippen LogP contribution in [0.1, 0.15) is 50.3 Å². The first kappa shape index (κ1) is 24.1. The number of likely N-dealkylation sites (tertiary alicyclic amines) is 1. The molecule has 4 N–H and O–H groups in total. The predicted molar refractivity (Wildman–Crippen MR) is 150 cm³/mol. The molecule has 1 saturated carbocycles. The van der Waals surface area contributed by atoms with Gasteiger partial charge < -0.3 is 20.9 Å². The summed E-state index contributed by atoms with van der Waals surface area (Å²) in [6.07, 6.45) is 10.6. The summed E-state index contributed by atoms with van der Waals surface area (Å²) in [5.74, 6) is 7.27. The molecule has 38 heavy (non-hydrogen) atoms. The van der Waals surface area contributed by atoms with Gasteiger partial charge in [-0.3, -0.25) is 9.78 Å². The van der Waals surface area contributed by atoms with Crippen LogP contribution in [-0.2, 0) is 4.79 Å². The number of amides is 1. The molecule has 1 atom stereocenters. The number of nitrogens with zero attached hydrogens (tertiary/aromatic N) is 5. The molecule has 4 aromatic rings. The number of fused-ring (bicyclic) bond motifs is 2.